The van der Waals surface area contributed by atoms with Gasteiger partial charge in [0.15, 0.2) is 0 Å². The predicted octanol–water partition coefficient (Wildman–Crippen LogP) is 6.67. The van der Waals surface area contributed by atoms with Crippen molar-refractivity contribution in [1.82, 2.24) is 9.55 Å². The molecule has 0 fully saturated rings. The van der Waals surface area contributed by atoms with Crippen LogP contribution in [0.4, 0.5) is 5.69 Å². The average molecular weight is 515 g/mol. The molecule has 0 aliphatic carbocycles. The van der Waals surface area contributed by atoms with Gasteiger partial charge in [0, 0.05) is 45.8 Å². The molecule has 0 bridgehead atoms. The van der Waals surface area contributed by atoms with E-state index in [9.17, 15) is 9.90 Å². The Hall–Kier alpha value is -4.68. The van der Waals surface area contributed by atoms with Crippen LogP contribution in [0, 0.1) is 0 Å². The number of amides is 1. The number of hydrogen-bond donors (Lipinski definition) is 3. The summed E-state index contributed by atoms with van der Waals surface area (Å²) in [6.45, 7) is 4.03. The largest absolute Gasteiger partial charge is 0.390 e. The van der Waals surface area contributed by atoms with Gasteiger partial charge in [0.1, 0.15) is 0 Å². The van der Waals surface area contributed by atoms with Crippen LogP contribution in [-0.2, 0) is 0 Å². The van der Waals surface area contributed by atoms with Crippen molar-refractivity contribution in [3.63, 3.8) is 0 Å². The summed E-state index contributed by atoms with van der Waals surface area (Å²) in [7, 11) is 0. The van der Waals surface area contributed by atoms with Crippen LogP contribution in [0.25, 0.3) is 49.5 Å². The van der Waals surface area contributed by atoms with Crippen LogP contribution >= 0.6 is 0 Å². The Labute approximate surface area is 226 Å². The minimum absolute atomic E-state index is 0.415. The number of para-hydroxylation sites is 2. The predicted molar refractivity (Wildman–Crippen MR) is 159 cm³/mol. The Morgan fingerprint density at radius 2 is 1.72 bits per heavy atom. The molecular formula is C33H30N4O2. The number of carbonyl (C=O) groups is 1. The van der Waals surface area contributed by atoms with Gasteiger partial charge in [-0.15, -0.1) is 0 Å². The third-order valence-electron chi connectivity index (χ3n) is 7.18. The lowest BCUT2D eigenvalue weighted by Gasteiger charge is -2.19. The average Bonchev–Trinajstić information content (AvgIpc) is 3.26. The van der Waals surface area contributed by atoms with Crippen LogP contribution in [0.3, 0.4) is 0 Å². The van der Waals surface area contributed by atoms with E-state index in [-0.39, 0.29) is 0 Å². The van der Waals surface area contributed by atoms with Gasteiger partial charge in [-0.3, -0.25) is 9.78 Å². The molecule has 0 unspecified atom stereocenters. The van der Waals surface area contributed by atoms with Crippen LogP contribution in [0.1, 0.15) is 30.6 Å². The van der Waals surface area contributed by atoms with Crippen molar-refractivity contribution >= 4 is 44.3 Å². The number of rotatable bonds is 7. The fraction of sp³-hybridized carbons (Fsp3) is 0.152. The molecule has 6 aromatic rings. The minimum atomic E-state index is -0.821. The Balaban J connectivity index is 1.55. The standard InChI is InChI=1S/C33H30N4O2/c1-33(2,39)16-17-35-28-19-23(14-15-25(28)32(34)38)37-29-12-6-4-9-26(29)31-24(10-7-13-30(31)37)22-18-21-8-3-5-11-27(21)36-20-22/h3-15,18-20,35,39H,16-17H2,1-2H3,(H2,34,38). The number of hydrogen-bond acceptors (Lipinski definition) is 4. The number of carbonyl (C=O) groups excluding carboxylic acids is 1. The van der Waals surface area contributed by atoms with E-state index >= 15 is 0 Å². The molecule has 0 atom stereocenters. The maximum absolute atomic E-state index is 12.2. The van der Waals surface area contributed by atoms with Crippen molar-refractivity contribution in [3.05, 3.63) is 103 Å². The van der Waals surface area contributed by atoms with Crippen molar-refractivity contribution in [1.29, 1.82) is 0 Å². The van der Waals surface area contributed by atoms with E-state index in [0.29, 0.717) is 24.2 Å². The molecule has 6 heteroatoms. The lowest BCUT2D eigenvalue weighted by molar-refractivity contribution is 0.0749. The summed E-state index contributed by atoms with van der Waals surface area (Å²) in [5, 5.41) is 16.8. The van der Waals surface area contributed by atoms with Crippen molar-refractivity contribution in [2.75, 3.05) is 11.9 Å². The molecule has 6 rings (SSSR count). The van der Waals surface area contributed by atoms with Crippen molar-refractivity contribution in [2.24, 2.45) is 5.73 Å². The fourth-order valence-corrected chi connectivity index (χ4v) is 5.29. The monoisotopic (exact) mass is 514 g/mol. The summed E-state index contributed by atoms with van der Waals surface area (Å²) in [6, 6.07) is 30.7. The number of nitrogens with zero attached hydrogens (tertiary/aromatic N) is 2. The van der Waals surface area contributed by atoms with E-state index in [1.807, 2.05) is 42.6 Å². The van der Waals surface area contributed by atoms with Crippen molar-refractivity contribution < 1.29 is 9.90 Å². The first-order chi connectivity index (χ1) is 18.8. The summed E-state index contributed by atoms with van der Waals surface area (Å²) in [5.41, 5.74) is 12.1. The highest BCUT2D eigenvalue weighted by Crippen LogP contribution is 2.39. The van der Waals surface area contributed by atoms with Gasteiger partial charge in [-0.2, -0.15) is 0 Å². The third-order valence-corrected chi connectivity index (χ3v) is 7.18. The summed E-state index contributed by atoms with van der Waals surface area (Å²) in [5.74, 6) is -0.499. The second-order valence-electron chi connectivity index (χ2n) is 10.6. The molecule has 0 spiro atoms. The normalized spacial score (nSPS) is 11.9. The molecule has 4 N–H and O–H groups in total. The molecular weight excluding hydrogens is 484 g/mol. The SMILES string of the molecule is CC(C)(O)CCNc1cc(-n2c3ccccc3c3c(-c4cnc5ccccc5c4)cccc32)ccc1C(N)=O. The van der Waals surface area contributed by atoms with Crippen molar-refractivity contribution in [3.8, 4) is 16.8 Å². The molecule has 194 valence electrons. The van der Waals surface area contributed by atoms with Gasteiger partial charge in [-0.1, -0.05) is 48.5 Å². The van der Waals surface area contributed by atoms with E-state index in [1.54, 1.807) is 19.9 Å². The van der Waals surface area contributed by atoms with Crippen molar-refractivity contribution in [2.45, 2.75) is 25.9 Å². The summed E-state index contributed by atoms with van der Waals surface area (Å²) in [6.07, 6.45) is 2.46. The number of nitrogens with one attached hydrogen (secondary N) is 1. The molecule has 0 radical (unpaired) electrons. The second kappa shape index (κ2) is 9.57. The number of nitrogens with two attached hydrogens (primary N) is 1. The van der Waals surface area contributed by atoms with Gasteiger partial charge in [-0.05, 0) is 68.3 Å². The Kier molecular flexibility index (Phi) is 6.04. The molecule has 2 aromatic heterocycles. The number of anilines is 1. The maximum atomic E-state index is 12.2. The molecule has 0 saturated carbocycles. The molecule has 0 aliphatic rings. The van der Waals surface area contributed by atoms with Crippen LogP contribution < -0.4 is 11.1 Å². The lowest BCUT2D eigenvalue weighted by atomic mass is 9.99. The van der Waals surface area contributed by atoms with Gasteiger partial charge in [0.25, 0.3) is 5.91 Å². The summed E-state index contributed by atoms with van der Waals surface area (Å²) < 4.78 is 2.22. The van der Waals surface area contributed by atoms with Gasteiger partial charge in [0.05, 0.1) is 27.7 Å². The fourth-order valence-electron chi connectivity index (χ4n) is 5.29. The zero-order valence-electron chi connectivity index (χ0n) is 22.0. The Bertz CT molecular complexity index is 1860. The minimum Gasteiger partial charge on any atom is -0.390 e. The number of aliphatic hydroxyl groups is 1. The Morgan fingerprint density at radius 1 is 0.949 bits per heavy atom. The van der Waals surface area contributed by atoms with E-state index in [4.69, 9.17) is 10.7 Å². The van der Waals surface area contributed by atoms with Gasteiger partial charge in [-0.25, -0.2) is 0 Å². The molecule has 6 nitrogen and oxygen atoms in total. The molecule has 2 heterocycles. The first kappa shape index (κ1) is 24.6. The summed E-state index contributed by atoms with van der Waals surface area (Å²) >= 11 is 0. The van der Waals surface area contributed by atoms with Crippen LogP contribution in [0.15, 0.2) is 97.2 Å². The third kappa shape index (κ3) is 4.60. The number of pyridine rings is 1. The van der Waals surface area contributed by atoms with E-state index in [2.05, 4.69) is 58.4 Å². The maximum Gasteiger partial charge on any atom is 0.250 e. The molecule has 0 aliphatic heterocycles. The van der Waals surface area contributed by atoms with Gasteiger partial charge < -0.3 is 20.7 Å². The van der Waals surface area contributed by atoms with Crippen LogP contribution in [-0.4, -0.2) is 32.7 Å². The molecule has 0 saturated heterocycles. The number of aromatic nitrogens is 2. The van der Waals surface area contributed by atoms with Gasteiger partial charge in [0.2, 0.25) is 0 Å². The molecule has 39 heavy (non-hydrogen) atoms. The first-order valence-electron chi connectivity index (χ1n) is 13.1. The number of primary amides is 1. The van der Waals surface area contributed by atoms with E-state index in [0.717, 1.165) is 49.5 Å². The number of benzene rings is 4. The topological polar surface area (TPSA) is 93.2 Å². The van der Waals surface area contributed by atoms with Crippen LogP contribution in [0.5, 0.6) is 0 Å². The highest BCUT2D eigenvalue weighted by Gasteiger charge is 2.18. The van der Waals surface area contributed by atoms with E-state index < -0.39 is 11.5 Å². The van der Waals surface area contributed by atoms with Crippen LogP contribution in [0.2, 0.25) is 0 Å². The quantitative estimate of drug-likeness (QED) is 0.222. The molecule has 1 amide bonds. The lowest BCUT2D eigenvalue weighted by Crippen LogP contribution is -2.23. The highest BCUT2D eigenvalue weighted by molar-refractivity contribution is 6.16. The second-order valence-corrected chi connectivity index (χ2v) is 10.6. The molecule has 4 aromatic carbocycles. The zero-order valence-corrected chi connectivity index (χ0v) is 22.0. The first-order valence-corrected chi connectivity index (χ1v) is 13.1. The summed E-state index contributed by atoms with van der Waals surface area (Å²) in [4.78, 5) is 16.9. The van der Waals surface area contributed by atoms with Gasteiger partial charge >= 0.3 is 0 Å². The highest BCUT2D eigenvalue weighted by atomic mass is 16.3. The zero-order chi connectivity index (χ0) is 27.1. The van der Waals surface area contributed by atoms with E-state index in [1.165, 1.54) is 0 Å². The Morgan fingerprint density at radius 3 is 2.54 bits per heavy atom. The smallest absolute Gasteiger partial charge is 0.250 e. The number of fused-ring (bicyclic) bond motifs is 4.